The molecule has 1 heterocycles. The van der Waals surface area contributed by atoms with E-state index in [1.165, 1.54) is 10.6 Å². The number of aromatic nitrogens is 1. The Morgan fingerprint density at radius 3 is 2.38 bits per heavy atom. The summed E-state index contributed by atoms with van der Waals surface area (Å²) in [6, 6.07) is 1.17. The van der Waals surface area contributed by atoms with E-state index >= 15 is 0 Å². The molecule has 3 N–H and O–H groups in total. The van der Waals surface area contributed by atoms with E-state index in [0.29, 0.717) is 12.5 Å². The molecule has 0 saturated heterocycles. The van der Waals surface area contributed by atoms with E-state index in [1.54, 1.807) is 0 Å². The Labute approximate surface area is 96.2 Å². The summed E-state index contributed by atoms with van der Waals surface area (Å²) in [7, 11) is 0. The maximum atomic E-state index is 9.54. The number of hydrogen-bond donors (Lipinski definition) is 3. The second-order valence-electron chi connectivity index (χ2n) is 4.24. The maximum absolute atomic E-state index is 9.54. The molecule has 92 valence electrons. The van der Waals surface area contributed by atoms with Crippen molar-refractivity contribution < 1.29 is 15.3 Å². The Morgan fingerprint density at radius 2 is 1.94 bits per heavy atom. The molecule has 0 aliphatic rings. The van der Waals surface area contributed by atoms with Crippen molar-refractivity contribution in [2.24, 2.45) is 5.92 Å². The summed E-state index contributed by atoms with van der Waals surface area (Å²) in [5.74, 6) is -0.163. The van der Waals surface area contributed by atoms with Gasteiger partial charge in [-0.25, -0.2) is 0 Å². The van der Waals surface area contributed by atoms with Gasteiger partial charge in [0.05, 0.1) is 0 Å². The minimum Gasteiger partial charge on any atom is -0.503 e. The molecule has 1 aromatic heterocycles. The molecule has 0 spiro atoms. The van der Waals surface area contributed by atoms with Gasteiger partial charge >= 0.3 is 0 Å². The van der Waals surface area contributed by atoms with Gasteiger partial charge in [-0.2, -0.15) is 0 Å². The third-order valence-corrected chi connectivity index (χ3v) is 3.01. The van der Waals surface area contributed by atoms with Crippen LogP contribution in [0.15, 0.2) is 6.07 Å². The van der Waals surface area contributed by atoms with Crippen molar-refractivity contribution in [2.45, 2.75) is 46.1 Å². The Hall–Kier alpha value is -1.32. The molecule has 0 saturated carbocycles. The predicted octanol–water partition coefficient (Wildman–Crippen LogP) is 2.82. The zero-order valence-corrected chi connectivity index (χ0v) is 9.98. The smallest absolute Gasteiger partial charge is 0.237 e. The van der Waals surface area contributed by atoms with E-state index in [9.17, 15) is 15.3 Å². The van der Waals surface area contributed by atoms with Crippen molar-refractivity contribution in [3.8, 4) is 17.5 Å². The van der Waals surface area contributed by atoms with Crippen molar-refractivity contribution in [1.29, 1.82) is 0 Å². The van der Waals surface area contributed by atoms with Gasteiger partial charge in [0.2, 0.25) is 5.88 Å². The molecule has 1 unspecified atom stereocenters. The first-order valence-electron chi connectivity index (χ1n) is 5.90. The van der Waals surface area contributed by atoms with Gasteiger partial charge in [0, 0.05) is 12.6 Å². The second-order valence-corrected chi connectivity index (χ2v) is 4.24. The highest BCUT2D eigenvalue weighted by atomic mass is 16.3. The number of hydrogen-bond acceptors (Lipinski definition) is 3. The molecule has 0 bridgehead atoms. The first-order valence-corrected chi connectivity index (χ1v) is 5.90. The Morgan fingerprint density at radius 1 is 1.25 bits per heavy atom. The van der Waals surface area contributed by atoms with Gasteiger partial charge in [-0.05, 0) is 12.3 Å². The maximum Gasteiger partial charge on any atom is 0.237 e. The van der Waals surface area contributed by atoms with Crippen LogP contribution in [0, 0.1) is 5.92 Å². The molecular formula is C12H21NO3. The van der Waals surface area contributed by atoms with Crippen LogP contribution in [0.25, 0.3) is 0 Å². The highest BCUT2D eigenvalue weighted by molar-refractivity contribution is 5.39. The fourth-order valence-corrected chi connectivity index (χ4v) is 1.87. The van der Waals surface area contributed by atoms with Crippen LogP contribution in [0.1, 0.15) is 39.5 Å². The molecule has 0 radical (unpaired) electrons. The van der Waals surface area contributed by atoms with Gasteiger partial charge in [-0.3, -0.25) is 4.57 Å². The van der Waals surface area contributed by atoms with Gasteiger partial charge in [0.1, 0.15) is 0 Å². The van der Waals surface area contributed by atoms with Crippen LogP contribution in [-0.4, -0.2) is 19.9 Å². The Bertz CT molecular complexity index is 333. The molecule has 0 aliphatic carbocycles. The lowest BCUT2D eigenvalue weighted by Gasteiger charge is -2.16. The van der Waals surface area contributed by atoms with Crippen LogP contribution in [0.5, 0.6) is 17.5 Å². The highest BCUT2D eigenvalue weighted by Gasteiger charge is 2.16. The molecule has 16 heavy (non-hydrogen) atoms. The van der Waals surface area contributed by atoms with E-state index in [4.69, 9.17) is 0 Å². The standard InChI is InChI=1S/C12H21NO3/c1-3-5-6-9(4-2)8-13-11(15)7-10(14)12(13)16/h7,9,14-16H,3-6,8H2,1-2H3. The van der Waals surface area contributed by atoms with Crippen LogP contribution < -0.4 is 0 Å². The lowest BCUT2D eigenvalue weighted by molar-refractivity contribution is 0.308. The molecule has 4 nitrogen and oxygen atoms in total. The Balaban J connectivity index is 2.69. The first-order chi connectivity index (χ1) is 7.60. The molecule has 1 rings (SSSR count). The van der Waals surface area contributed by atoms with E-state index in [-0.39, 0.29) is 17.5 Å². The quantitative estimate of drug-likeness (QED) is 0.700. The van der Waals surface area contributed by atoms with Crippen LogP contribution in [0.4, 0.5) is 0 Å². The minimum atomic E-state index is -0.261. The van der Waals surface area contributed by atoms with Gasteiger partial charge < -0.3 is 15.3 Å². The van der Waals surface area contributed by atoms with Crippen LogP contribution >= 0.6 is 0 Å². The van der Waals surface area contributed by atoms with Crippen LogP contribution in [0.3, 0.4) is 0 Å². The molecule has 4 heteroatoms. The fraction of sp³-hybridized carbons (Fsp3) is 0.667. The summed E-state index contributed by atoms with van der Waals surface area (Å²) >= 11 is 0. The SMILES string of the molecule is CCCCC(CC)Cn1c(O)cc(O)c1O. The molecule has 0 amide bonds. The van der Waals surface area contributed by atoms with E-state index in [0.717, 1.165) is 25.7 Å². The second kappa shape index (κ2) is 5.68. The van der Waals surface area contributed by atoms with Crippen molar-refractivity contribution in [3.05, 3.63) is 6.07 Å². The summed E-state index contributed by atoms with van der Waals surface area (Å²) in [5, 5.41) is 28.3. The van der Waals surface area contributed by atoms with E-state index in [2.05, 4.69) is 13.8 Å². The fourth-order valence-electron chi connectivity index (χ4n) is 1.87. The van der Waals surface area contributed by atoms with Crippen LogP contribution in [0.2, 0.25) is 0 Å². The topological polar surface area (TPSA) is 65.6 Å². The lowest BCUT2D eigenvalue weighted by Crippen LogP contribution is -2.09. The van der Waals surface area contributed by atoms with Crippen LogP contribution in [-0.2, 0) is 6.54 Å². The average Bonchev–Trinajstić information content (AvgIpc) is 2.50. The van der Waals surface area contributed by atoms with Gasteiger partial charge in [0.15, 0.2) is 11.6 Å². The molecule has 1 atom stereocenters. The summed E-state index contributed by atoms with van der Waals surface area (Å²) in [5.41, 5.74) is 0. The summed E-state index contributed by atoms with van der Waals surface area (Å²) < 4.78 is 1.36. The zero-order chi connectivity index (χ0) is 12.1. The normalized spacial score (nSPS) is 12.9. The molecule has 0 fully saturated rings. The Kier molecular flexibility index (Phi) is 4.52. The predicted molar refractivity (Wildman–Crippen MR) is 62.7 cm³/mol. The lowest BCUT2D eigenvalue weighted by atomic mass is 9.99. The number of rotatable bonds is 6. The monoisotopic (exact) mass is 227 g/mol. The third kappa shape index (κ3) is 2.84. The van der Waals surface area contributed by atoms with Crippen molar-refractivity contribution in [2.75, 3.05) is 0 Å². The molecular weight excluding hydrogens is 206 g/mol. The first kappa shape index (κ1) is 12.7. The van der Waals surface area contributed by atoms with Gasteiger partial charge in [0.25, 0.3) is 0 Å². The summed E-state index contributed by atoms with van der Waals surface area (Å²) in [6.07, 6.45) is 4.36. The summed E-state index contributed by atoms with van der Waals surface area (Å²) in [6.45, 7) is 4.79. The number of nitrogens with zero attached hydrogens (tertiary/aromatic N) is 1. The van der Waals surface area contributed by atoms with Gasteiger partial charge in [-0.1, -0.05) is 33.1 Å². The summed E-state index contributed by atoms with van der Waals surface area (Å²) in [4.78, 5) is 0. The van der Waals surface area contributed by atoms with E-state index in [1.807, 2.05) is 0 Å². The molecule has 0 aromatic carbocycles. The number of unbranched alkanes of at least 4 members (excludes halogenated alkanes) is 1. The number of aromatic hydroxyl groups is 3. The van der Waals surface area contributed by atoms with Crippen molar-refractivity contribution in [3.63, 3.8) is 0 Å². The third-order valence-electron chi connectivity index (χ3n) is 3.01. The minimum absolute atomic E-state index is 0.0788. The average molecular weight is 227 g/mol. The largest absolute Gasteiger partial charge is 0.503 e. The molecule has 1 aromatic rings. The van der Waals surface area contributed by atoms with Crippen molar-refractivity contribution >= 4 is 0 Å². The highest BCUT2D eigenvalue weighted by Crippen LogP contribution is 2.34. The van der Waals surface area contributed by atoms with Crippen molar-refractivity contribution in [1.82, 2.24) is 4.57 Å². The van der Waals surface area contributed by atoms with E-state index < -0.39 is 0 Å². The molecule has 0 aliphatic heterocycles. The van der Waals surface area contributed by atoms with Gasteiger partial charge in [-0.15, -0.1) is 0 Å². The zero-order valence-electron chi connectivity index (χ0n) is 9.98.